The summed E-state index contributed by atoms with van der Waals surface area (Å²) in [4.78, 5) is 27.8. The molecule has 0 aromatic heterocycles. The summed E-state index contributed by atoms with van der Waals surface area (Å²) in [6, 6.07) is 8.75. The number of aliphatic carboxylic acids is 1. The van der Waals surface area contributed by atoms with Crippen LogP contribution < -0.4 is 0 Å². The average Bonchev–Trinajstić information content (AvgIpc) is 2.83. The van der Waals surface area contributed by atoms with Crippen LogP contribution in [0.5, 0.6) is 0 Å². The number of rotatable bonds is 4. The van der Waals surface area contributed by atoms with Crippen molar-refractivity contribution in [3.05, 3.63) is 35.4 Å². The van der Waals surface area contributed by atoms with Crippen LogP contribution >= 0.6 is 0 Å². The highest BCUT2D eigenvalue weighted by Gasteiger charge is 2.55. The van der Waals surface area contributed by atoms with Crippen LogP contribution in [-0.4, -0.2) is 52.5 Å². The summed E-state index contributed by atoms with van der Waals surface area (Å²) in [5.41, 5.74) is 2.13. The molecule has 2 aliphatic heterocycles. The Labute approximate surface area is 149 Å². The van der Waals surface area contributed by atoms with Gasteiger partial charge in [0.2, 0.25) is 5.91 Å². The second-order valence-corrected chi connectivity index (χ2v) is 7.82. The number of carbonyl (C=O) groups excluding carboxylic acids is 1. The summed E-state index contributed by atoms with van der Waals surface area (Å²) in [5, 5.41) is 9.55. The van der Waals surface area contributed by atoms with E-state index >= 15 is 0 Å². The second-order valence-electron chi connectivity index (χ2n) is 7.82. The molecule has 1 aromatic rings. The van der Waals surface area contributed by atoms with Crippen molar-refractivity contribution in [3.8, 4) is 0 Å². The Morgan fingerprint density at radius 2 is 1.84 bits per heavy atom. The lowest BCUT2D eigenvalue weighted by Gasteiger charge is -2.45. The predicted octanol–water partition coefficient (Wildman–Crippen LogP) is 2.71. The predicted molar refractivity (Wildman–Crippen MR) is 96.3 cm³/mol. The molecule has 1 unspecified atom stereocenters. The summed E-state index contributed by atoms with van der Waals surface area (Å²) in [6.45, 7) is 6.92. The van der Waals surface area contributed by atoms with E-state index in [-0.39, 0.29) is 12.3 Å². The van der Waals surface area contributed by atoms with E-state index in [2.05, 4.69) is 43.0 Å². The molecule has 2 fully saturated rings. The molecular weight excluding hydrogens is 316 g/mol. The van der Waals surface area contributed by atoms with Crippen LogP contribution in [0.25, 0.3) is 0 Å². The first-order valence-corrected chi connectivity index (χ1v) is 9.14. The van der Waals surface area contributed by atoms with Gasteiger partial charge in [0.05, 0.1) is 11.5 Å². The Hall–Kier alpha value is -1.88. The average molecular weight is 344 g/mol. The number of hydrogen-bond acceptors (Lipinski definition) is 3. The van der Waals surface area contributed by atoms with Crippen molar-refractivity contribution in [1.29, 1.82) is 0 Å². The zero-order chi connectivity index (χ0) is 18.2. The SMILES string of the molecule is CC(C)c1ccc(CN2CCC3(CC2)C(C(=O)O)CC(=O)N3C)cc1. The topological polar surface area (TPSA) is 60.9 Å². The third-order valence-corrected chi connectivity index (χ3v) is 6.14. The highest BCUT2D eigenvalue weighted by molar-refractivity contribution is 5.88. The summed E-state index contributed by atoms with van der Waals surface area (Å²) >= 11 is 0. The van der Waals surface area contributed by atoms with Gasteiger partial charge >= 0.3 is 5.97 Å². The molecule has 0 bridgehead atoms. The van der Waals surface area contributed by atoms with Gasteiger partial charge in [0.15, 0.2) is 0 Å². The van der Waals surface area contributed by atoms with Crippen molar-refractivity contribution in [2.45, 2.75) is 51.1 Å². The summed E-state index contributed by atoms with van der Waals surface area (Å²) < 4.78 is 0. The van der Waals surface area contributed by atoms with Crippen LogP contribution in [0.2, 0.25) is 0 Å². The van der Waals surface area contributed by atoms with Gasteiger partial charge in [-0.1, -0.05) is 38.1 Å². The number of carboxylic acid groups (broad SMARTS) is 1. The number of benzene rings is 1. The molecular formula is C20H28N2O3. The van der Waals surface area contributed by atoms with E-state index in [1.807, 2.05) is 0 Å². The van der Waals surface area contributed by atoms with E-state index < -0.39 is 17.4 Å². The van der Waals surface area contributed by atoms with Crippen molar-refractivity contribution in [3.63, 3.8) is 0 Å². The Balaban J connectivity index is 1.65. The van der Waals surface area contributed by atoms with Gasteiger partial charge in [0, 0.05) is 33.1 Å². The lowest BCUT2D eigenvalue weighted by atomic mass is 9.77. The van der Waals surface area contributed by atoms with E-state index in [1.165, 1.54) is 11.1 Å². The first-order chi connectivity index (χ1) is 11.8. The van der Waals surface area contributed by atoms with Crippen molar-refractivity contribution in [2.24, 2.45) is 5.92 Å². The third-order valence-electron chi connectivity index (χ3n) is 6.14. The highest BCUT2D eigenvalue weighted by Crippen LogP contribution is 2.43. The molecule has 5 heteroatoms. The van der Waals surface area contributed by atoms with Gasteiger partial charge in [-0.25, -0.2) is 0 Å². The number of nitrogens with zero attached hydrogens (tertiary/aromatic N) is 2. The minimum absolute atomic E-state index is 0.0369. The smallest absolute Gasteiger partial charge is 0.309 e. The monoisotopic (exact) mass is 344 g/mol. The maximum atomic E-state index is 12.1. The molecule has 1 aromatic carbocycles. The summed E-state index contributed by atoms with van der Waals surface area (Å²) in [6.07, 6.45) is 1.61. The number of hydrogen-bond donors (Lipinski definition) is 1. The minimum atomic E-state index is -0.838. The number of amides is 1. The van der Waals surface area contributed by atoms with Crippen molar-refractivity contribution in [2.75, 3.05) is 20.1 Å². The van der Waals surface area contributed by atoms with Gasteiger partial charge in [-0.2, -0.15) is 0 Å². The molecule has 1 amide bonds. The molecule has 25 heavy (non-hydrogen) atoms. The maximum absolute atomic E-state index is 12.1. The standard InChI is InChI=1S/C20H28N2O3/c1-14(2)16-6-4-15(5-7-16)13-22-10-8-20(9-11-22)17(19(24)25)12-18(23)21(20)3/h4-7,14,17H,8-13H2,1-3H3,(H,24,25). The van der Waals surface area contributed by atoms with Crippen LogP contribution in [0.3, 0.4) is 0 Å². The zero-order valence-electron chi connectivity index (χ0n) is 15.4. The molecule has 136 valence electrons. The number of piperidine rings is 1. The van der Waals surface area contributed by atoms with Crippen molar-refractivity contribution >= 4 is 11.9 Å². The molecule has 0 saturated carbocycles. The van der Waals surface area contributed by atoms with Crippen molar-refractivity contribution in [1.82, 2.24) is 9.80 Å². The van der Waals surface area contributed by atoms with Gasteiger partial charge in [0.25, 0.3) is 0 Å². The third kappa shape index (κ3) is 3.30. The fraction of sp³-hybridized carbons (Fsp3) is 0.600. The number of carbonyl (C=O) groups is 2. The molecule has 1 atom stereocenters. The van der Waals surface area contributed by atoms with Gasteiger partial charge in [-0.3, -0.25) is 14.5 Å². The van der Waals surface area contributed by atoms with Crippen LogP contribution in [0.15, 0.2) is 24.3 Å². The summed E-state index contributed by atoms with van der Waals surface area (Å²) in [5.74, 6) is -0.912. The lowest BCUT2D eigenvalue weighted by molar-refractivity contribution is -0.146. The maximum Gasteiger partial charge on any atom is 0.309 e. The normalized spacial score (nSPS) is 23.6. The van der Waals surface area contributed by atoms with E-state index in [0.717, 1.165) is 32.5 Å². The quantitative estimate of drug-likeness (QED) is 0.912. The van der Waals surface area contributed by atoms with Gasteiger partial charge in [0.1, 0.15) is 0 Å². The highest BCUT2D eigenvalue weighted by atomic mass is 16.4. The summed E-state index contributed by atoms with van der Waals surface area (Å²) in [7, 11) is 1.77. The Morgan fingerprint density at radius 3 is 2.36 bits per heavy atom. The van der Waals surface area contributed by atoms with E-state index in [9.17, 15) is 14.7 Å². The molecule has 1 spiro atoms. The van der Waals surface area contributed by atoms with Crippen LogP contribution in [0.4, 0.5) is 0 Å². The molecule has 0 radical (unpaired) electrons. The Kier molecular flexibility index (Phi) is 4.87. The molecule has 2 heterocycles. The van der Waals surface area contributed by atoms with Crippen molar-refractivity contribution < 1.29 is 14.7 Å². The molecule has 1 N–H and O–H groups in total. The lowest BCUT2D eigenvalue weighted by Crippen LogP contribution is -2.55. The van der Waals surface area contributed by atoms with E-state index in [1.54, 1.807) is 11.9 Å². The van der Waals surface area contributed by atoms with Crippen LogP contribution in [0, 0.1) is 5.92 Å². The van der Waals surface area contributed by atoms with Gasteiger partial charge in [-0.05, 0) is 29.9 Å². The van der Waals surface area contributed by atoms with E-state index in [0.29, 0.717) is 5.92 Å². The molecule has 2 aliphatic rings. The fourth-order valence-corrected chi connectivity index (χ4v) is 4.35. The molecule has 3 rings (SSSR count). The van der Waals surface area contributed by atoms with Gasteiger partial charge < -0.3 is 10.0 Å². The largest absolute Gasteiger partial charge is 0.481 e. The minimum Gasteiger partial charge on any atom is -0.481 e. The first-order valence-electron chi connectivity index (χ1n) is 9.14. The number of likely N-dealkylation sites (tertiary alicyclic amines) is 2. The second kappa shape index (κ2) is 6.79. The van der Waals surface area contributed by atoms with Gasteiger partial charge in [-0.15, -0.1) is 0 Å². The Bertz CT molecular complexity index is 645. The zero-order valence-corrected chi connectivity index (χ0v) is 15.4. The number of carboxylic acids is 1. The van der Waals surface area contributed by atoms with Crippen LogP contribution in [0.1, 0.15) is 50.2 Å². The van der Waals surface area contributed by atoms with E-state index in [4.69, 9.17) is 0 Å². The Morgan fingerprint density at radius 1 is 1.24 bits per heavy atom. The molecule has 5 nitrogen and oxygen atoms in total. The molecule has 0 aliphatic carbocycles. The first kappa shape index (κ1) is 17.9. The fourth-order valence-electron chi connectivity index (χ4n) is 4.35. The van der Waals surface area contributed by atoms with Crippen LogP contribution in [-0.2, 0) is 16.1 Å². The molecule has 2 saturated heterocycles.